The fourth-order valence-corrected chi connectivity index (χ4v) is 4.24. The molecule has 6 nitrogen and oxygen atoms in total. The van der Waals surface area contributed by atoms with Crippen molar-refractivity contribution in [3.05, 3.63) is 59.3 Å². The van der Waals surface area contributed by atoms with Crippen LogP contribution >= 0.6 is 0 Å². The van der Waals surface area contributed by atoms with Crippen LogP contribution in [0.2, 0.25) is 0 Å². The fraction of sp³-hybridized carbons (Fsp3) is 0.227. The van der Waals surface area contributed by atoms with Crippen LogP contribution in [0.4, 0.5) is 0 Å². The van der Waals surface area contributed by atoms with E-state index in [1.165, 1.54) is 36.5 Å². The smallest absolute Gasteiger partial charge is 0.170 e. The predicted octanol–water partition coefficient (Wildman–Crippen LogP) is 3.92. The van der Waals surface area contributed by atoms with Gasteiger partial charge < -0.3 is 10.6 Å². The highest BCUT2D eigenvalue weighted by Gasteiger charge is 2.21. The van der Waals surface area contributed by atoms with E-state index < -0.39 is 0 Å². The molecule has 2 heterocycles. The van der Waals surface area contributed by atoms with E-state index in [4.69, 9.17) is 15.6 Å². The molecule has 0 atom stereocenters. The molecule has 2 aromatic carbocycles. The standard InChI is InChI=1S/C22H21N5O/c1-28-27-22(23)14-8-6-13(7-9-14)21-16-5-3-2-4-15(16)20-17-12-24-26-18(17)10-11-19(20)25-21/h6-12H,2-5H2,1H3,(H2,23,27)(H,24,26). The van der Waals surface area contributed by atoms with Crippen LogP contribution in [0.25, 0.3) is 33.1 Å². The zero-order valence-corrected chi connectivity index (χ0v) is 15.7. The Kier molecular flexibility index (Phi) is 3.97. The number of fused-ring (bicyclic) bond motifs is 5. The summed E-state index contributed by atoms with van der Waals surface area (Å²) in [5.74, 6) is 0.366. The molecule has 3 N–H and O–H groups in total. The van der Waals surface area contributed by atoms with Crippen molar-refractivity contribution in [2.75, 3.05) is 7.11 Å². The molecule has 0 spiro atoms. The predicted molar refractivity (Wildman–Crippen MR) is 111 cm³/mol. The van der Waals surface area contributed by atoms with Gasteiger partial charge in [-0.15, -0.1) is 0 Å². The molecule has 0 saturated carbocycles. The van der Waals surface area contributed by atoms with Crippen LogP contribution in [0.3, 0.4) is 0 Å². The molecule has 0 aliphatic heterocycles. The van der Waals surface area contributed by atoms with Crippen molar-refractivity contribution in [3.8, 4) is 11.3 Å². The lowest BCUT2D eigenvalue weighted by Crippen LogP contribution is -2.13. The lowest BCUT2D eigenvalue weighted by atomic mass is 9.85. The third-order valence-corrected chi connectivity index (χ3v) is 5.53. The zero-order valence-electron chi connectivity index (χ0n) is 15.7. The first-order valence-electron chi connectivity index (χ1n) is 9.51. The molecule has 0 fully saturated rings. The third kappa shape index (κ3) is 2.60. The summed E-state index contributed by atoms with van der Waals surface area (Å²) in [6.07, 6.45) is 6.46. The monoisotopic (exact) mass is 371 g/mol. The minimum absolute atomic E-state index is 0.366. The number of pyridine rings is 1. The number of aromatic amines is 1. The Morgan fingerprint density at radius 1 is 1.07 bits per heavy atom. The van der Waals surface area contributed by atoms with Gasteiger partial charge in [0.15, 0.2) is 5.84 Å². The van der Waals surface area contributed by atoms with Gasteiger partial charge in [0.2, 0.25) is 0 Å². The number of oxime groups is 1. The Morgan fingerprint density at radius 3 is 2.64 bits per heavy atom. The number of aromatic nitrogens is 3. The topological polar surface area (TPSA) is 89.2 Å². The number of benzene rings is 2. The molecule has 140 valence electrons. The van der Waals surface area contributed by atoms with E-state index in [-0.39, 0.29) is 0 Å². The Balaban J connectivity index is 1.72. The molecule has 0 radical (unpaired) electrons. The lowest BCUT2D eigenvalue weighted by Gasteiger charge is -2.22. The molecular weight excluding hydrogens is 350 g/mol. The van der Waals surface area contributed by atoms with Crippen molar-refractivity contribution >= 4 is 27.6 Å². The van der Waals surface area contributed by atoms with E-state index in [0.29, 0.717) is 5.84 Å². The van der Waals surface area contributed by atoms with Gasteiger partial charge in [0.25, 0.3) is 0 Å². The van der Waals surface area contributed by atoms with Crippen LogP contribution in [0, 0.1) is 0 Å². The minimum atomic E-state index is 0.366. The minimum Gasteiger partial charge on any atom is -0.397 e. The highest BCUT2D eigenvalue weighted by Crippen LogP contribution is 2.37. The van der Waals surface area contributed by atoms with Crippen LogP contribution in [0.15, 0.2) is 47.8 Å². The Hall–Kier alpha value is -3.41. The van der Waals surface area contributed by atoms with Crippen molar-refractivity contribution in [1.29, 1.82) is 0 Å². The third-order valence-electron chi connectivity index (χ3n) is 5.53. The van der Waals surface area contributed by atoms with Gasteiger partial charge in [0.1, 0.15) is 7.11 Å². The zero-order chi connectivity index (χ0) is 19.1. The van der Waals surface area contributed by atoms with Gasteiger partial charge in [-0.25, -0.2) is 4.98 Å². The molecule has 0 bridgehead atoms. The molecular formula is C22H21N5O. The quantitative estimate of drug-likeness (QED) is 0.324. The number of H-pyrrole nitrogens is 1. The Morgan fingerprint density at radius 2 is 1.86 bits per heavy atom. The van der Waals surface area contributed by atoms with Crippen molar-refractivity contribution in [2.45, 2.75) is 25.7 Å². The van der Waals surface area contributed by atoms with E-state index in [9.17, 15) is 0 Å². The summed E-state index contributed by atoms with van der Waals surface area (Å²) >= 11 is 0. The number of hydrogen-bond acceptors (Lipinski definition) is 4. The number of amidine groups is 1. The number of nitrogens with one attached hydrogen (secondary N) is 1. The van der Waals surface area contributed by atoms with Crippen molar-refractivity contribution < 1.29 is 4.84 Å². The van der Waals surface area contributed by atoms with E-state index in [1.54, 1.807) is 0 Å². The maximum atomic E-state index is 5.92. The lowest BCUT2D eigenvalue weighted by molar-refractivity contribution is 0.213. The van der Waals surface area contributed by atoms with Crippen LogP contribution in [0.5, 0.6) is 0 Å². The van der Waals surface area contributed by atoms with Gasteiger partial charge in [-0.2, -0.15) is 5.10 Å². The van der Waals surface area contributed by atoms with Crippen molar-refractivity contribution in [2.24, 2.45) is 10.9 Å². The van der Waals surface area contributed by atoms with Crippen LogP contribution < -0.4 is 5.73 Å². The number of aryl methyl sites for hydroxylation is 1. The summed E-state index contributed by atoms with van der Waals surface area (Å²) in [5.41, 5.74) is 13.8. The highest BCUT2D eigenvalue weighted by atomic mass is 16.6. The second-order valence-electron chi connectivity index (χ2n) is 7.15. The van der Waals surface area contributed by atoms with Gasteiger partial charge in [0.05, 0.1) is 22.9 Å². The number of nitrogens with zero attached hydrogens (tertiary/aromatic N) is 3. The van der Waals surface area contributed by atoms with Gasteiger partial charge in [-0.3, -0.25) is 5.10 Å². The molecule has 5 rings (SSSR count). The van der Waals surface area contributed by atoms with E-state index in [2.05, 4.69) is 39.6 Å². The molecule has 6 heteroatoms. The van der Waals surface area contributed by atoms with Gasteiger partial charge >= 0.3 is 0 Å². The molecule has 0 amide bonds. The summed E-state index contributed by atoms with van der Waals surface area (Å²) in [5, 5.41) is 13.5. The highest BCUT2D eigenvalue weighted by molar-refractivity contribution is 6.07. The number of hydrogen-bond donors (Lipinski definition) is 2. The SMILES string of the molecule is CO/N=C(\N)c1ccc(-c2nc3ccc4[nH]ncc4c3c3c2CCCC3)cc1. The van der Waals surface area contributed by atoms with E-state index >= 15 is 0 Å². The molecule has 2 aromatic heterocycles. The molecule has 1 aliphatic carbocycles. The number of rotatable bonds is 3. The molecule has 0 unspecified atom stereocenters. The molecule has 0 saturated heterocycles. The van der Waals surface area contributed by atoms with E-state index in [0.717, 1.165) is 46.1 Å². The van der Waals surface area contributed by atoms with Gasteiger partial charge in [-0.1, -0.05) is 29.4 Å². The normalized spacial score (nSPS) is 14.4. The van der Waals surface area contributed by atoms with E-state index in [1.807, 2.05) is 18.3 Å². The second-order valence-corrected chi connectivity index (χ2v) is 7.15. The summed E-state index contributed by atoms with van der Waals surface area (Å²) in [4.78, 5) is 9.84. The summed E-state index contributed by atoms with van der Waals surface area (Å²) < 4.78 is 0. The summed E-state index contributed by atoms with van der Waals surface area (Å²) in [6, 6.07) is 12.2. The average Bonchev–Trinajstić information content (AvgIpc) is 3.22. The van der Waals surface area contributed by atoms with Gasteiger partial charge in [0, 0.05) is 21.9 Å². The second kappa shape index (κ2) is 6.64. The fourth-order valence-electron chi connectivity index (χ4n) is 4.24. The van der Waals surface area contributed by atoms with Crippen molar-refractivity contribution in [1.82, 2.24) is 15.2 Å². The summed E-state index contributed by atoms with van der Waals surface area (Å²) in [6.45, 7) is 0. The summed E-state index contributed by atoms with van der Waals surface area (Å²) in [7, 11) is 1.49. The first-order valence-corrected chi connectivity index (χ1v) is 9.51. The largest absolute Gasteiger partial charge is 0.397 e. The Bertz CT molecular complexity index is 1210. The average molecular weight is 371 g/mol. The van der Waals surface area contributed by atoms with Crippen LogP contribution in [0.1, 0.15) is 29.5 Å². The first-order chi connectivity index (χ1) is 13.8. The van der Waals surface area contributed by atoms with Crippen molar-refractivity contribution in [3.63, 3.8) is 0 Å². The van der Waals surface area contributed by atoms with Crippen LogP contribution in [-0.4, -0.2) is 28.1 Å². The maximum Gasteiger partial charge on any atom is 0.170 e. The maximum absolute atomic E-state index is 5.92. The molecule has 28 heavy (non-hydrogen) atoms. The first kappa shape index (κ1) is 16.7. The molecule has 1 aliphatic rings. The molecule has 4 aromatic rings. The number of nitrogens with two attached hydrogens (primary N) is 1. The Labute approximate surface area is 162 Å². The van der Waals surface area contributed by atoms with Crippen LogP contribution in [-0.2, 0) is 17.7 Å². The van der Waals surface area contributed by atoms with Gasteiger partial charge in [-0.05, 0) is 48.9 Å².